The predicted octanol–water partition coefficient (Wildman–Crippen LogP) is 4.17. The molecule has 2 nitrogen and oxygen atoms in total. The molecule has 1 fully saturated rings. The molecule has 1 saturated carbocycles. The van der Waals surface area contributed by atoms with Crippen molar-refractivity contribution in [2.75, 3.05) is 0 Å². The van der Waals surface area contributed by atoms with E-state index in [0.29, 0.717) is 17.9 Å². The highest BCUT2D eigenvalue weighted by molar-refractivity contribution is 6.16. The van der Waals surface area contributed by atoms with E-state index < -0.39 is 0 Å². The lowest BCUT2D eigenvalue weighted by Crippen LogP contribution is -2.29. The number of alkyl halides is 1. The van der Waals surface area contributed by atoms with Crippen LogP contribution in [0.25, 0.3) is 0 Å². The molecule has 0 bridgehead atoms. The second-order valence-corrected chi connectivity index (χ2v) is 4.99. The molecule has 2 unspecified atom stereocenters. The zero-order valence-electron chi connectivity index (χ0n) is 10.4. The largest absolute Gasteiger partial charge is 0.490 e. The van der Waals surface area contributed by atoms with Crippen molar-refractivity contribution in [3.8, 4) is 5.75 Å². The Labute approximate surface area is 108 Å². The van der Waals surface area contributed by atoms with Gasteiger partial charge < -0.3 is 4.74 Å². The van der Waals surface area contributed by atoms with E-state index in [2.05, 4.69) is 11.9 Å². The summed E-state index contributed by atoms with van der Waals surface area (Å²) in [4.78, 5) is 4.18. The maximum absolute atomic E-state index is 6.10. The SMILES string of the molecule is CCC1CCCCC1Oc1ccnc(CCl)c1. The fourth-order valence-electron chi connectivity index (χ4n) is 2.57. The van der Waals surface area contributed by atoms with Crippen LogP contribution in [0.4, 0.5) is 0 Å². The molecular formula is C14H20ClNO. The van der Waals surface area contributed by atoms with Gasteiger partial charge in [0, 0.05) is 12.3 Å². The van der Waals surface area contributed by atoms with Gasteiger partial charge in [0.25, 0.3) is 0 Å². The van der Waals surface area contributed by atoms with Gasteiger partial charge in [-0.2, -0.15) is 0 Å². The summed E-state index contributed by atoms with van der Waals surface area (Å²) < 4.78 is 6.10. The second-order valence-electron chi connectivity index (χ2n) is 4.73. The zero-order chi connectivity index (χ0) is 12.1. The van der Waals surface area contributed by atoms with Gasteiger partial charge in [-0.25, -0.2) is 0 Å². The third-order valence-corrected chi connectivity index (χ3v) is 3.85. The Morgan fingerprint density at radius 1 is 1.41 bits per heavy atom. The lowest BCUT2D eigenvalue weighted by atomic mass is 9.85. The van der Waals surface area contributed by atoms with Gasteiger partial charge >= 0.3 is 0 Å². The van der Waals surface area contributed by atoms with Crippen LogP contribution in [0.2, 0.25) is 0 Å². The van der Waals surface area contributed by atoms with E-state index in [1.165, 1.54) is 32.1 Å². The zero-order valence-corrected chi connectivity index (χ0v) is 11.1. The Hall–Kier alpha value is -0.760. The van der Waals surface area contributed by atoms with Crippen LogP contribution in [0.1, 0.15) is 44.7 Å². The number of aromatic nitrogens is 1. The molecule has 1 heterocycles. The van der Waals surface area contributed by atoms with E-state index in [1.54, 1.807) is 6.20 Å². The molecule has 0 saturated heterocycles. The highest BCUT2D eigenvalue weighted by Crippen LogP contribution is 2.30. The Morgan fingerprint density at radius 3 is 3.00 bits per heavy atom. The molecule has 94 valence electrons. The highest BCUT2D eigenvalue weighted by Gasteiger charge is 2.25. The van der Waals surface area contributed by atoms with Crippen molar-refractivity contribution in [2.45, 2.75) is 51.0 Å². The number of hydrogen-bond donors (Lipinski definition) is 0. The van der Waals surface area contributed by atoms with Crippen LogP contribution in [0.15, 0.2) is 18.3 Å². The van der Waals surface area contributed by atoms with E-state index >= 15 is 0 Å². The lowest BCUT2D eigenvalue weighted by molar-refractivity contribution is 0.0902. The molecule has 0 aromatic carbocycles. The molecule has 0 aliphatic heterocycles. The van der Waals surface area contributed by atoms with Gasteiger partial charge in [-0.05, 0) is 37.7 Å². The molecule has 0 radical (unpaired) electrons. The Kier molecular flexibility index (Phi) is 4.66. The summed E-state index contributed by atoms with van der Waals surface area (Å²) in [5, 5.41) is 0. The van der Waals surface area contributed by atoms with Gasteiger partial charge in [-0.3, -0.25) is 4.98 Å². The predicted molar refractivity (Wildman–Crippen MR) is 70.5 cm³/mol. The quantitative estimate of drug-likeness (QED) is 0.752. The summed E-state index contributed by atoms with van der Waals surface area (Å²) in [6.07, 6.45) is 8.47. The van der Waals surface area contributed by atoms with Crippen LogP contribution >= 0.6 is 11.6 Å². The van der Waals surface area contributed by atoms with Gasteiger partial charge in [0.15, 0.2) is 0 Å². The van der Waals surface area contributed by atoms with Crippen molar-refractivity contribution in [1.29, 1.82) is 0 Å². The molecule has 3 heteroatoms. The summed E-state index contributed by atoms with van der Waals surface area (Å²) >= 11 is 5.78. The topological polar surface area (TPSA) is 22.1 Å². The van der Waals surface area contributed by atoms with Crippen molar-refractivity contribution in [3.05, 3.63) is 24.0 Å². The minimum absolute atomic E-state index is 0.374. The van der Waals surface area contributed by atoms with E-state index in [0.717, 1.165) is 11.4 Å². The van der Waals surface area contributed by atoms with Crippen LogP contribution in [0, 0.1) is 5.92 Å². The fourth-order valence-corrected chi connectivity index (χ4v) is 2.72. The molecule has 2 atom stereocenters. The van der Waals surface area contributed by atoms with Crippen molar-refractivity contribution in [3.63, 3.8) is 0 Å². The third kappa shape index (κ3) is 3.35. The van der Waals surface area contributed by atoms with Crippen molar-refractivity contribution >= 4 is 11.6 Å². The molecule has 17 heavy (non-hydrogen) atoms. The molecule has 1 aliphatic carbocycles. The van der Waals surface area contributed by atoms with Gasteiger partial charge in [0.05, 0.1) is 11.6 Å². The normalized spacial score (nSPS) is 24.6. The number of nitrogens with zero attached hydrogens (tertiary/aromatic N) is 1. The summed E-state index contributed by atoms with van der Waals surface area (Å²) in [7, 11) is 0. The highest BCUT2D eigenvalue weighted by atomic mass is 35.5. The van der Waals surface area contributed by atoms with Gasteiger partial charge in [-0.15, -0.1) is 11.6 Å². The Bertz CT molecular complexity index is 356. The van der Waals surface area contributed by atoms with E-state index in [-0.39, 0.29) is 0 Å². The van der Waals surface area contributed by atoms with E-state index in [4.69, 9.17) is 16.3 Å². The Morgan fingerprint density at radius 2 is 2.24 bits per heavy atom. The van der Waals surface area contributed by atoms with Crippen molar-refractivity contribution < 1.29 is 4.74 Å². The van der Waals surface area contributed by atoms with Gasteiger partial charge in [-0.1, -0.05) is 13.3 Å². The van der Waals surface area contributed by atoms with Crippen LogP contribution < -0.4 is 4.74 Å². The first-order valence-corrected chi connectivity index (χ1v) is 7.04. The third-order valence-electron chi connectivity index (χ3n) is 3.58. The first-order chi connectivity index (χ1) is 8.33. The molecule has 0 N–H and O–H groups in total. The van der Waals surface area contributed by atoms with E-state index in [9.17, 15) is 0 Å². The lowest BCUT2D eigenvalue weighted by Gasteiger charge is -2.31. The monoisotopic (exact) mass is 253 g/mol. The fraction of sp³-hybridized carbons (Fsp3) is 0.643. The van der Waals surface area contributed by atoms with Gasteiger partial charge in [0.1, 0.15) is 11.9 Å². The second kappa shape index (κ2) is 6.25. The standard InChI is InChI=1S/C14H20ClNO/c1-2-11-5-3-4-6-14(11)17-13-7-8-16-12(9-13)10-15/h7-9,11,14H,2-6,10H2,1H3. The number of halogens is 1. The molecule has 0 amide bonds. The molecule has 1 aromatic heterocycles. The Balaban J connectivity index is 2.02. The minimum atomic E-state index is 0.374. The summed E-state index contributed by atoms with van der Waals surface area (Å²) in [6.45, 7) is 2.25. The van der Waals surface area contributed by atoms with Crippen molar-refractivity contribution in [1.82, 2.24) is 4.98 Å². The molecule has 1 aliphatic rings. The molecular weight excluding hydrogens is 234 g/mol. The first kappa shape index (κ1) is 12.7. The maximum Gasteiger partial charge on any atom is 0.123 e. The van der Waals surface area contributed by atoms with E-state index in [1.807, 2.05) is 12.1 Å². The summed E-state index contributed by atoms with van der Waals surface area (Å²) in [6, 6.07) is 3.88. The molecule has 0 spiro atoms. The number of rotatable bonds is 4. The number of hydrogen-bond acceptors (Lipinski definition) is 2. The average Bonchev–Trinajstić information content (AvgIpc) is 2.39. The smallest absolute Gasteiger partial charge is 0.123 e. The average molecular weight is 254 g/mol. The van der Waals surface area contributed by atoms with Gasteiger partial charge in [0.2, 0.25) is 0 Å². The molecule has 1 aromatic rings. The number of ether oxygens (including phenoxy) is 1. The van der Waals surface area contributed by atoms with Crippen LogP contribution in [0.5, 0.6) is 5.75 Å². The summed E-state index contributed by atoms with van der Waals surface area (Å²) in [5.74, 6) is 2.07. The van der Waals surface area contributed by atoms with Crippen LogP contribution in [-0.2, 0) is 5.88 Å². The van der Waals surface area contributed by atoms with Crippen LogP contribution in [-0.4, -0.2) is 11.1 Å². The summed E-state index contributed by atoms with van der Waals surface area (Å²) in [5.41, 5.74) is 0.882. The van der Waals surface area contributed by atoms with Crippen molar-refractivity contribution in [2.24, 2.45) is 5.92 Å². The van der Waals surface area contributed by atoms with Crippen LogP contribution in [0.3, 0.4) is 0 Å². The minimum Gasteiger partial charge on any atom is -0.490 e. The number of pyridine rings is 1. The first-order valence-electron chi connectivity index (χ1n) is 6.51. The maximum atomic E-state index is 6.10. The molecule has 2 rings (SSSR count).